The van der Waals surface area contributed by atoms with Gasteiger partial charge in [0.2, 0.25) is 11.2 Å². The second-order valence-electron chi connectivity index (χ2n) is 4.37. The fourth-order valence-corrected chi connectivity index (χ4v) is 2.22. The summed E-state index contributed by atoms with van der Waals surface area (Å²) in [5.74, 6) is 1.13. The van der Waals surface area contributed by atoms with Crippen molar-refractivity contribution in [2.24, 2.45) is 0 Å². The molecule has 21 heavy (non-hydrogen) atoms. The molecule has 0 radical (unpaired) electrons. The molecule has 0 saturated heterocycles. The minimum atomic E-state index is 0.105. The van der Waals surface area contributed by atoms with Gasteiger partial charge in [-0.25, -0.2) is 0 Å². The molecule has 0 aliphatic carbocycles. The Kier molecular flexibility index (Phi) is 5.20. The topological polar surface area (TPSA) is 51.1 Å². The number of aryl methyl sites for hydroxylation is 1. The summed E-state index contributed by atoms with van der Waals surface area (Å²) in [4.78, 5) is 14.4. The minimum Gasteiger partial charge on any atom is -0.424 e. The van der Waals surface area contributed by atoms with E-state index >= 15 is 0 Å². The van der Waals surface area contributed by atoms with Gasteiger partial charge in [-0.1, -0.05) is 11.6 Å². The van der Waals surface area contributed by atoms with Gasteiger partial charge in [0.05, 0.1) is 0 Å². The molecule has 1 aromatic heterocycles. The van der Waals surface area contributed by atoms with Gasteiger partial charge in [-0.05, 0) is 56.1 Å². The first-order valence-corrected chi connectivity index (χ1v) is 7.39. The van der Waals surface area contributed by atoms with Crippen LogP contribution in [0.2, 0.25) is 10.3 Å². The lowest BCUT2D eigenvalue weighted by atomic mass is 10.2. The van der Waals surface area contributed by atoms with E-state index < -0.39 is 0 Å². The summed E-state index contributed by atoms with van der Waals surface area (Å²) >= 11 is 11.9. The first kappa shape index (κ1) is 15.8. The highest BCUT2D eigenvalue weighted by atomic mass is 35.5. The lowest BCUT2D eigenvalue weighted by Gasteiger charge is -2.18. The molecule has 0 fully saturated rings. The van der Waals surface area contributed by atoms with Crippen LogP contribution in [-0.4, -0.2) is 28.0 Å². The molecule has 0 aliphatic rings. The summed E-state index contributed by atoms with van der Waals surface area (Å²) in [5.41, 5.74) is 0.892. The Morgan fingerprint density at radius 2 is 1.81 bits per heavy atom. The molecule has 0 bridgehead atoms. The van der Waals surface area contributed by atoms with E-state index in [1.807, 2.05) is 31.7 Å². The first-order valence-electron chi connectivity index (χ1n) is 6.64. The third kappa shape index (κ3) is 3.95. The highest BCUT2D eigenvalue weighted by molar-refractivity contribution is 6.30. The average Bonchev–Trinajstić information content (AvgIpc) is 2.43. The van der Waals surface area contributed by atoms with E-state index in [4.69, 9.17) is 27.9 Å². The molecule has 0 N–H and O–H groups in total. The van der Waals surface area contributed by atoms with E-state index in [0.29, 0.717) is 16.7 Å². The van der Waals surface area contributed by atoms with Crippen molar-refractivity contribution in [1.29, 1.82) is 0 Å². The average molecular weight is 327 g/mol. The maximum Gasteiger partial charge on any atom is 0.328 e. The van der Waals surface area contributed by atoms with Crippen molar-refractivity contribution in [3.63, 3.8) is 0 Å². The van der Waals surface area contributed by atoms with Crippen LogP contribution in [0.5, 0.6) is 11.8 Å². The smallest absolute Gasteiger partial charge is 0.328 e. The number of hydrogen-bond donors (Lipinski definition) is 0. The van der Waals surface area contributed by atoms with Crippen LogP contribution in [0.4, 0.5) is 5.95 Å². The number of hydrogen-bond acceptors (Lipinski definition) is 5. The van der Waals surface area contributed by atoms with Crippen LogP contribution in [0.1, 0.15) is 19.4 Å². The predicted octanol–water partition coefficient (Wildman–Crippen LogP) is 4.13. The summed E-state index contributed by atoms with van der Waals surface area (Å²) in [5, 5.41) is 0.755. The number of halogens is 2. The summed E-state index contributed by atoms with van der Waals surface area (Å²) in [6, 6.07) is 5.50. The standard InChI is InChI=1S/C14H16Cl2N4O/c1-4-20(5-2)13-17-12(16)18-14(19-13)21-11-7-6-10(15)8-9(11)3/h6-8H,4-5H2,1-3H3. The molecule has 5 nitrogen and oxygen atoms in total. The molecule has 2 aromatic rings. The Balaban J connectivity index is 2.31. The van der Waals surface area contributed by atoms with Crippen molar-refractivity contribution in [3.8, 4) is 11.8 Å². The third-order valence-corrected chi connectivity index (χ3v) is 3.36. The van der Waals surface area contributed by atoms with Gasteiger partial charge < -0.3 is 9.64 Å². The molecule has 112 valence electrons. The third-order valence-electron chi connectivity index (χ3n) is 2.96. The van der Waals surface area contributed by atoms with Gasteiger partial charge in [-0.15, -0.1) is 0 Å². The molecule has 7 heteroatoms. The molecule has 0 unspecified atom stereocenters. The zero-order valence-electron chi connectivity index (χ0n) is 12.1. The molecule has 0 atom stereocenters. The zero-order chi connectivity index (χ0) is 15.4. The number of benzene rings is 1. The summed E-state index contributed by atoms with van der Waals surface area (Å²) in [6.07, 6.45) is 0. The van der Waals surface area contributed by atoms with E-state index in [1.165, 1.54) is 0 Å². The lowest BCUT2D eigenvalue weighted by molar-refractivity contribution is 0.436. The van der Waals surface area contributed by atoms with Crippen molar-refractivity contribution in [2.75, 3.05) is 18.0 Å². The molecule has 0 saturated carbocycles. The fourth-order valence-electron chi connectivity index (χ4n) is 1.84. The van der Waals surface area contributed by atoms with Crippen molar-refractivity contribution < 1.29 is 4.74 Å². The summed E-state index contributed by atoms with van der Waals surface area (Å²) in [7, 11) is 0. The van der Waals surface area contributed by atoms with Gasteiger partial charge in [0.25, 0.3) is 0 Å². The molecular weight excluding hydrogens is 311 g/mol. The van der Waals surface area contributed by atoms with Gasteiger partial charge in [0.1, 0.15) is 5.75 Å². The van der Waals surface area contributed by atoms with Crippen LogP contribution in [0.3, 0.4) is 0 Å². The Morgan fingerprint density at radius 3 is 2.43 bits per heavy atom. The van der Waals surface area contributed by atoms with E-state index in [0.717, 1.165) is 18.7 Å². The lowest BCUT2D eigenvalue weighted by Crippen LogP contribution is -2.24. The number of rotatable bonds is 5. The summed E-state index contributed by atoms with van der Waals surface area (Å²) in [6.45, 7) is 7.48. The maximum atomic E-state index is 5.95. The quantitative estimate of drug-likeness (QED) is 0.826. The van der Waals surface area contributed by atoms with Crippen LogP contribution in [0, 0.1) is 6.92 Å². The second kappa shape index (κ2) is 6.91. The van der Waals surface area contributed by atoms with E-state index in [2.05, 4.69) is 15.0 Å². The van der Waals surface area contributed by atoms with Crippen LogP contribution >= 0.6 is 23.2 Å². The van der Waals surface area contributed by atoms with E-state index in [1.54, 1.807) is 12.1 Å². The van der Waals surface area contributed by atoms with Gasteiger partial charge in [0.15, 0.2) is 0 Å². The fraction of sp³-hybridized carbons (Fsp3) is 0.357. The van der Waals surface area contributed by atoms with Gasteiger partial charge in [0, 0.05) is 18.1 Å². The number of aromatic nitrogens is 3. The summed E-state index contributed by atoms with van der Waals surface area (Å²) < 4.78 is 5.69. The van der Waals surface area contributed by atoms with Gasteiger partial charge >= 0.3 is 6.01 Å². The van der Waals surface area contributed by atoms with Gasteiger partial charge in [-0.2, -0.15) is 15.0 Å². The van der Waals surface area contributed by atoms with Crippen LogP contribution in [-0.2, 0) is 0 Å². The molecule has 1 aromatic carbocycles. The first-order chi connectivity index (χ1) is 10.0. The number of nitrogens with zero attached hydrogens (tertiary/aromatic N) is 4. The molecule has 2 rings (SSSR count). The monoisotopic (exact) mass is 326 g/mol. The molecule has 0 aliphatic heterocycles. The largest absolute Gasteiger partial charge is 0.424 e. The highest BCUT2D eigenvalue weighted by Crippen LogP contribution is 2.26. The van der Waals surface area contributed by atoms with Crippen molar-refractivity contribution in [1.82, 2.24) is 15.0 Å². The number of anilines is 1. The highest BCUT2D eigenvalue weighted by Gasteiger charge is 2.12. The Hall–Kier alpha value is -1.59. The Bertz CT molecular complexity index is 632. The normalized spacial score (nSPS) is 10.5. The van der Waals surface area contributed by atoms with E-state index in [9.17, 15) is 0 Å². The van der Waals surface area contributed by atoms with Crippen molar-refractivity contribution in [2.45, 2.75) is 20.8 Å². The molecule has 1 heterocycles. The van der Waals surface area contributed by atoms with Crippen molar-refractivity contribution >= 4 is 29.2 Å². The molecular formula is C14H16Cl2N4O. The Labute approximate surface area is 133 Å². The maximum absolute atomic E-state index is 5.95. The minimum absolute atomic E-state index is 0.105. The second-order valence-corrected chi connectivity index (χ2v) is 5.15. The SMILES string of the molecule is CCN(CC)c1nc(Cl)nc(Oc2ccc(Cl)cc2C)n1. The molecule has 0 amide bonds. The predicted molar refractivity (Wildman–Crippen MR) is 84.7 cm³/mol. The van der Waals surface area contributed by atoms with Crippen molar-refractivity contribution in [3.05, 3.63) is 34.1 Å². The van der Waals surface area contributed by atoms with Crippen LogP contribution < -0.4 is 9.64 Å². The zero-order valence-corrected chi connectivity index (χ0v) is 13.6. The molecule has 0 spiro atoms. The number of ether oxygens (including phenoxy) is 1. The Morgan fingerprint density at radius 1 is 1.10 bits per heavy atom. The van der Waals surface area contributed by atoms with Crippen LogP contribution in [0.25, 0.3) is 0 Å². The van der Waals surface area contributed by atoms with Gasteiger partial charge in [-0.3, -0.25) is 0 Å². The van der Waals surface area contributed by atoms with E-state index in [-0.39, 0.29) is 11.3 Å². The van der Waals surface area contributed by atoms with Crippen LogP contribution in [0.15, 0.2) is 18.2 Å².